The number of anilines is 1. The van der Waals surface area contributed by atoms with Crippen LogP contribution in [0, 0.1) is 17.8 Å². The van der Waals surface area contributed by atoms with E-state index in [9.17, 15) is 9.59 Å². The number of aromatic nitrogens is 1. The maximum Gasteiger partial charge on any atom is 0.243 e. The van der Waals surface area contributed by atoms with Gasteiger partial charge in [0.15, 0.2) is 0 Å². The first-order chi connectivity index (χ1) is 11.1. The van der Waals surface area contributed by atoms with E-state index in [2.05, 4.69) is 15.6 Å². The van der Waals surface area contributed by atoms with Crippen LogP contribution in [0.4, 0.5) is 5.69 Å². The van der Waals surface area contributed by atoms with E-state index in [1.54, 1.807) is 24.5 Å². The number of rotatable bonds is 4. The topological polar surface area (TPSA) is 97.1 Å². The quantitative estimate of drug-likeness (QED) is 0.735. The number of fused-ring (bicyclic) bond motifs is 2. The molecule has 4 N–H and O–H groups in total. The lowest BCUT2D eigenvalue weighted by Crippen LogP contribution is -2.49. The summed E-state index contributed by atoms with van der Waals surface area (Å²) in [6, 6.07) is 3.76. The van der Waals surface area contributed by atoms with E-state index in [0.29, 0.717) is 17.5 Å². The number of nitrogens with one attached hydrogen (secondary N) is 2. The van der Waals surface area contributed by atoms with Crippen LogP contribution in [0.15, 0.2) is 24.5 Å². The molecule has 2 atom stereocenters. The van der Waals surface area contributed by atoms with Crippen LogP contribution < -0.4 is 16.4 Å². The van der Waals surface area contributed by atoms with Crippen molar-refractivity contribution in [3.05, 3.63) is 24.5 Å². The van der Waals surface area contributed by atoms with E-state index in [1.807, 2.05) is 0 Å². The molecule has 0 aromatic carbocycles. The van der Waals surface area contributed by atoms with Crippen molar-refractivity contribution in [3.8, 4) is 0 Å². The average Bonchev–Trinajstić information content (AvgIpc) is 2.53. The summed E-state index contributed by atoms with van der Waals surface area (Å²) >= 11 is 0. The van der Waals surface area contributed by atoms with Crippen molar-refractivity contribution in [1.29, 1.82) is 0 Å². The van der Waals surface area contributed by atoms with Gasteiger partial charge in [0.25, 0.3) is 0 Å². The molecule has 2 fully saturated rings. The van der Waals surface area contributed by atoms with Crippen molar-refractivity contribution < 1.29 is 9.59 Å². The van der Waals surface area contributed by atoms with Gasteiger partial charge in [-0.05, 0) is 49.7 Å². The third-order valence-corrected chi connectivity index (χ3v) is 5.15. The van der Waals surface area contributed by atoms with Gasteiger partial charge in [-0.15, -0.1) is 24.8 Å². The number of pyridine rings is 1. The van der Waals surface area contributed by atoms with Crippen molar-refractivity contribution in [3.63, 3.8) is 0 Å². The normalized spacial score (nSPS) is 27.2. The third-order valence-electron chi connectivity index (χ3n) is 5.15. The second-order valence-electron chi connectivity index (χ2n) is 6.70. The lowest BCUT2D eigenvalue weighted by Gasteiger charge is -2.43. The maximum absolute atomic E-state index is 12.3. The minimum absolute atomic E-state index is 0. The predicted octanol–water partition coefficient (Wildman–Crippen LogP) is 2.13. The largest absolute Gasteiger partial charge is 0.347 e. The second-order valence-corrected chi connectivity index (χ2v) is 6.70. The van der Waals surface area contributed by atoms with Crippen LogP contribution in [-0.4, -0.2) is 29.4 Å². The van der Waals surface area contributed by atoms with Crippen LogP contribution in [0.5, 0.6) is 0 Å². The van der Waals surface area contributed by atoms with Gasteiger partial charge in [0.2, 0.25) is 11.8 Å². The molecular weight excluding hydrogens is 363 g/mol. The molecule has 0 saturated heterocycles. The fourth-order valence-electron chi connectivity index (χ4n) is 3.96. The molecule has 0 radical (unpaired) electrons. The van der Waals surface area contributed by atoms with Gasteiger partial charge in [-0.3, -0.25) is 14.6 Å². The minimum Gasteiger partial charge on any atom is -0.347 e. The number of carbonyl (C=O) groups excluding carboxylic acids is 2. The van der Waals surface area contributed by atoms with E-state index in [0.717, 1.165) is 25.7 Å². The van der Waals surface area contributed by atoms with Crippen molar-refractivity contribution in [2.24, 2.45) is 23.5 Å². The number of amides is 2. The van der Waals surface area contributed by atoms with E-state index < -0.39 is 0 Å². The van der Waals surface area contributed by atoms with E-state index in [4.69, 9.17) is 5.73 Å². The number of nitrogens with two attached hydrogens (primary N) is 1. The van der Waals surface area contributed by atoms with Gasteiger partial charge in [-0.1, -0.05) is 6.42 Å². The van der Waals surface area contributed by atoms with Crippen LogP contribution in [0.2, 0.25) is 0 Å². The van der Waals surface area contributed by atoms with Gasteiger partial charge < -0.3 is 16.4 Å². The van der Waals surface area contributed by atoms with Gasteiger partial charge in [-0.2, -0.15) is 0 Å². The van der Waals surface area contributed by atoms with E-state index >= 15 is 0 Å². The highest BCUT2D eigenvalue weighted by Crippen LogP contribution is 2.41. The number of hydrogen-bond donors (Lipinski definition) is 3. The first kappa shape index (κ1) is 21.7. The Labute approximate surface area is 160 Å². The third kappa shape index (κ3) is 5.56. The molecule has 140 valence electrons. The second kappa shape index (κ2) is 9.94. The lowest BCUT2D eigenvalue weighted by molar-refractivity contribution is -0.129. The molecule has 0 spiro atoms. The first-order valence-corrected chi connectivity index (χ1v) is 8.36. The lowest BCUT2D eigenvalue weighted by atomic mass is 9.65. The SMILES string of the molecule is Cl.Cl.NC1C2CCCC1CC(C(=O)NCC(=O)Nc1cccnc1)C2. The minimum atomic E-state index is -0.237. The number of carbonyl (C=O) groups is 2. The van der Waals surface area contributed by atoms with Gasteiger partial charge in [-0.25, -0.2) is 0 Å². The predicted molar refractivity (Wildman–Crippen MR) is 102 cm³/mol. The first-order valence-electron chi connectivity index (χ1n) is 8.36. The monoisotopic (exact) mass is 388 g/mol. The maximum atomic E-state index is 12.3. The molecule has 2 aliphatic carbocycles. The van der Waals surface area contributed by atoms with Crippen molar-refractivity contribution in [2.75, 3.05) is 11.9 Å². The molecule has 1 aromatic rings. The summed E-state index contributed by atoms with van der Waals surface area (Å²) < 4.78 is 0. The Balaban J connectivity index is 0.00000156. The molecule has 2 bridgehead atoms. The van der Waals surface area contributed by atoms with Crippen molar-refractivity contribution in [2.45, 2.75) is 38.1 Å². The van der Waals surface area contributed by atoms with Crippen LogP contribution >= 0.6 is 24.8 Å². The molecule has 2 amide bonds. The summed E-state index contributed by atoms with van der Waals surface area (Å²) in [5.74, 6) is 0.662. The van der Waals surface area contributed by atoms with Crippen molar-refractivity contribution in [1.82, 2.24) is 10.3 Å². The van der Waals surface area contributed by atoms with Gasteiger partial charge in [0, 0.05) is 18.2 Å². The van der Waals surface area contributed by atoms with Crippen LogP contribution in [0.25, 0.3) is 0 Å². The Bertz CT molecular complexity index is 559. The molecule has 2 unspecified atom stereocenters. The molecule has 1 aromatic heterocycles. The highest BCUT2D eigenvalue weighted by molar-refractivity contribution is 5.94. The van der Waals surface area contributed by atoms with E-state index in [1.165, 1.54) is 6.42 Å². The summed E-state index contributed by atoms with van der Waals surface area (Å²) in [6.45, 7) is -0.00832. The zero-order valence-corrected chi connectivity index (χ0v) is 15.7. The Hall–Kier alpha value is -1.37. The van der Waals surface area contributed by atoms with Gasteiger partial charge in [0.05, 0.1) is 18.4 Å². The number of nitrogens with zero attached hydrogens (tertiary/aromatic N) is 1. The molecule has 0 aliphatic heterocycles. The highest BCUT2D eigenvalue weighted by Gasteiger charge is 2.40. The summed E-state index contributed by atoms with van der Waals surface area (Å²) in [5.41, 5.74) is 6.88. The zero-order chi connectivity index (χ0) is 16.2. The Morgan fingerprint density at radius 3 is 2.48 bits per heavy atom. The molecule has 2 aliphatic rings. The summed E-state index contributed by atoms with van der Waals surface area (Å²) in [4.78, 5) is 28.2. The molecule has 6 nitrogen and oxygen atoms in total. The Morgan fingerprint density at radius 1 is 1.20 bits per heavy atom. The summed E-state index contributed by atoms with van der Waals surface area (Å²) in [5, 5.41) is 5.48. The number of hydrogen-bond acceptors (Lipinski definition) is 4. The molecular formula is C17H26Cl2N4O2. The highest BCUT2D eigenvalue weighted by atomic mass is 35.5. The summed E-state index contributed by atoms with van der Waals surface area (Å²) in [6.07, 6.45) is 8.41. The molecule has 25 heavy (non-hydrogen) atoms. The van der Waals surface area contributed by atoms with Crippen LogP contribution in [-0.2, 0) is 9.59 Å². The van der Waals surface area contributed by atoms with Gasteiger partial charge in [0.1, 0.15) is 0 Å². The fraction of sp³-hybridized carbons (Fsp3) is 0.588. The molecule has 1 heterocycles. The zero-order valence-electron chi connectivity index (χ0n) is 14.0. The molecule has 2 saturated carbocycles. The van der Waals surface area contributed by atoms with Crippen molar-refractivity contribution >= 4 is 42.3 Å². The Morgan fingerprint density at radius 2 is 1.88 bits per heavy atom. The molecule has 8 heteroatoms. The fourth-order valence-corrected chi connectivity index (χ4v) is 3.96. The smallest absolute Gasteiger partial charge is 0.243 e. The summed E-state index contributed by atoms with van der Waals surface area (Å²) in [7, 11) is 0. The van der Waals surface area contributed by atoms with Crippen LogP contribution in [0.3, 0.4) is 0 Å². The number of halogens is 2. The van der Waals surface area contributed by atoms with Crippen LogP contribution in [0.1, 0.15) is 32.1 Å². The average molecular weight is 389 g/mol. The van der Waals surface area contributed by atoms with Gasteiger partial charge >= 0.3 is 0 Å². The van der Waals surface area contributed by atoms with E-state index in [-0.39, 0.29) is 55.1 Å². The Kier molecular flexibility index (Phi) is 8.62. The molecule has 3 rings (SSSR count). The standard InChI is InChI=1S/C17H24N4O2.2ClH/c18-16-11-3-1-4-12(16)8-13(7-11)17(23)20-10-15(22)21-14-5-2-6-19-9-14;;/h2,5-6,9,11-13,16H,1,3-4,7-8,10,18H2,(H,20,23)(H,21,22);2*1H.